The van der Waals surface area contributed by atoms with Crippen molar-refractivity contribution in [3.63, 3.8) is 0 Å². The van der Waals surface area contributed by atoms with Crippen LogP contribution >= 0.6 is 15.9 Å². The van der Waals surface area contributed by atoms with Crippen molar-refractivity contribution < 1.29 is 4.79 Å². The van der Waals surface area contributed by atoms with E-state index in [0.717, 1.165) is 32.4 Å². The number of carbonyl (C=O) groups excluding carboxylic acids is 1. The van der Waals surface area contributed by atoms with Crippen molar-refractivity contribution in [2.45, 2.75) is 20.8 Å². The molecule has 1 aromatic heterocycles. The van der Waals surface area contributed by atoms with Crippen LogP contribution in [-0.2, 0) is 0 Å². The van der Waals surface area contributed by atoms with Gasteiger partial charge >= 0.3 is 0 Å². The lowest BCUT2D eigenvalue weighted by molar-refractivity contribution is 0.101. The van der Waals surface area contributed by atoms with E-state index in [4.69, 9.17) is 0 Å². The lowest BCUT2D eigenvalue weighted by atomic mass is 10.1. The highest BCUT2D eigenvalue weighted by molar-refractivity contribution is 9.10. The molecule has 1 heterocycles. The van der Waals surface area contributed by atoms with E-state index >= 15 is 0 Å². The quantitative estimate of drug-likeness (QED) is 0.413. The number of nitrogens with one attached hydrogen (secondary N) is 1. The summed E-state index contributed by atoms with van der Waals surface area (Å²) in [6.45, 7) is 6.06. The molecular weight excluding hydrogens is 440 g/mol. The van der Waals surface area contributed by atoms with Gasteiger partial charge in [0.05, 0.1) is 5.69 Å². The molecule has 1 N–H and O–H groups in total. The zero-order valence-electron chi connectivity index (χ0n) is 17.0. The number of halogens is 1. The van der Waals surface area contributed by atoms with Crippen LogP contribution in [0.25, 0.3) is 17.1 Å². The summed E-state index contributed by atoms with van der Waals surface area (Å²) in [6, 6.07) is 21.6. The third kappa shape index (κ3) is 4.19. The van der Waals surface area contributed by atoms with Crippen LogP contribution in [-0.4, -0.2) is 20.7 Å². The first kappa shape index (κ1) is 20.0. The maximum Gasteiger partial charge on any atom is 0.295 e. The maximum absolute atomic E-state index is 12.9. The summed E-state index contributed by atoms with van der Waals surface area (Å²) >= 11 is 3.47. The van der Waals surface area contributed by atoms with Gasteiger partial charge in [0, 0.05) is 15.7 Å². The van der Waals surface area contributed by atoms with E-state index in [1.165, 1.54) is 0 Å². The van der Waals surface area contributed by atoms with Gasteiger partial charge in [0.1, 0.15) is 0 Å². The summed E-state index contributed by atoms with van der Waals surface area (Å²) in [7, 11) is 0. The molecule has 0 aliphatic carbocycles. The van der Waals surface area contributed by atoms with Gasteiger partial charge in [-0.2, -0.15) is 0 Å². The molecule has 1 amide bonds. The fourth-order valence-electron chi connectivity index (χ4n) is 3.13. The van der Waals surface area contributed by atoms with Crippen LogP contribution in [0, 0.1) is 20.8 Å². The van der Waals surface area contributed by atoms with Gasteiger partial charge in [-0.05, 0) is 62.2 Å². The number of aryl methyl sites for hydroxylation is 3. The Labute approximate surface area is 183 Å². The number of amides is 1. The topological polar surface area (TPSA) is 59.8 Å². The molecule has 3 aromatic carbocycles. The monoisotopic (exact) mass is 460 g/mol. The first-order valence-electron chi connectivity index (χ1n) is 9.59. The molecule has 0 fully saturated rings. The minimum Gasteiger partial charge on any atom is -0.319 e. The Balaban J connectivity index is 1.79. The summed E-state index contributed by atoms with van der Waals surface area (Å²) in [4.78, 5) is 17.5. The summed E-state index contributed by atoms with van der Waals surface area (Å²) in [6.07, 6.45) is 0. The van der Waals surface area contributed by atoms with Gasteiger partial charge in [0.15, 0.2) is 5.82 Å². The normalized spacial score (nSPS) is 10.8. The van der Waals surface area contributed by atoms with Crippen molar-refractivity contribution >= 4 is 27.5 Å². The van der Waals surface area contributed by atoms with Crippen LogP contribution in [0.2, 0.25) is 0 Å². The van der Waals surface area contributed by atoms with Crippen molar-refractivity contribution in [2.24, 2.45) is 0 Å². The molecule has 4 rings (SSSR count). The summed E-state index contributed by atoms with van der Waals surface area (Å²) in [5.74, 6) is 0.390. The minimum atomic E-state index is -0.346. The largest absolute Gasteiger partial charge is 0.319 e. The summed E-state index contributed by atoms with van der Waals surface area (Å²) in [5, 5.41) is 7.46. The van der Waals surface area contributed by atoms with Gasteiger partial charge < -0.3 is 5.32 Å². The second kappa shape index (κ2) is 8.24. The predicted octanol–water partition coefficient (Wildman–Crippen LogP) is 5.87. The van der Waals surface area contributed by atoms with Crippen LogP contribution in [0.1, 0.15) is 27.3 Å². The zero-order chi connectivity index (χ0) is 21.3. The first-order valence-corrected chi connectivity index (χ1v) is 10.4. The van der Waals surface area contributed by atoms with Crippen LogP contribution in [0.4, 0.5) is 5.69 Å². The minimum absolute atomic E-state index is 0.120. The number of aromatic nitrogens is 3. The average molecular weight is 461 g/mol. The van der Waals surface area contributed by atoms with E-state index in [-0.39, 0.29) is 11.7 Å². The molecule has 150 valence electrons. The van der Waals surface area contributed by atoms with Gasteiger partial charge in [-0.25, -0.2) is 9.67 Å². The Kier molecular flexibility index (Phi) is 5.50. The Hall–Kier alpha value is -3.25. The van der Waals surface area contributed by atoms with Crippen molar-refractivity contribution in [2.75, 3.05) is 5.32 Å². The van der Waals surface area contributed by atoms with E-state index in [2.05, 4.69) is 37.4 Å². The molecule has 30 heavy (non-hydrogen) atoms. The number of carbonyl (C=O) groups is 1. The van der Waals surface area contributed by atoms with E-state index in [1.807, 2.05) is 81.4 Å². The fourth-order valence-corrected chi connectivity index (χ4v) is 3.40. The number of rotatable bonds is 4. The molecular formula is C24H21BrN4O. The van der Waals surface area contributed by atoms with E-state index < -0.39 is 0 Å². The number of benzene rings is 3. The highest BCUT2D eigenvalue weighted by Gasteiger charge is 2.20. The van der Waals surface area contributed by atoms with Crippen molar-refractivity contribution in [1.29, 1.82) is 0 Å². The standard InChI is InChI=1S/C24H21BrN4O/c1-15-5-12-20(13-6-15)26-24(30)22-27-23(18-8-10-19(25)11-9-18)29(28-22)21-14-16(2)4-7-17(21)3/h4-14H,1-3H3,(H,26,30). The third-order valence-corrected chi connectivity index (χ3v) is 5.34. The van der Waals surface area contributed by atoms with E-state index in [1.54, 1.807) is 4.68 Å². The fraction of sp³-hybridized carbons (Fsp3) is 0.125. The third-order valence-electron chi connectivity index (χ3n) is 4.81. The molecule has 0 radical (unpaired) electrons. The van der Waals surface area contributed by atoms with Crippen molar-refractivity contribution in [3.8, 4) is 17.1 Å². The molecule has 0 aliphatic heterocycles. The van der Waals surface area contributed by atoms with Gasteiger partial charge in [-0.15, -0.1) is 5.10 Å². The summed E-state index contributed by atoms with van der Waals surface area (Å²) < 4.78 is 2.72. The number of hydrogen-bond donors (Lipinski definition) is 1. The molecule has 0 unspecified atom stereocenters. The van der Waals surface area contributed by atoms with Crippen LogP contribution in [0.3, 0.4) is 0 Å². The summed E-state index contributed by atoms with van der Waals surface area (Å²) in [5.41, 5.74) is 5.77. The van der Waals surface area contributed by atoms with E-state index in [0.29, 0.717) is 11.5 Å². The number of hydrogen-bond acceptors (Lipinski definition) is 3. The van der Waals surface area contributed by atoms with Gasteiger partial charge in [-0.3, -0.25) is 4.79 Å². The smallest absolute Gasteiger partial charge is 0.295 e. The Bertz CT molecular complexity index is 1210. The van der Waals surface area contributed by atoms with E-state index in [9.17, 15) is 4.79 Å². The Morgan fingerprint density at radius 1 is 0.900 bits per heavy atom. The maximum atomic E-state index is 12.9. The Morgan fingerprint density at radius 3 is 2.27 bits per heavy atom. The molecule has 0 spiro atoms. The predicted molar refractivity (Wildman–Crippen MR) is 123 cm³/mol. The first-order chi connectivity index (χ1) is 14.4. The molecule has 0 aliphatic rings. The second-order valence-electron chi connectivity index (χ2n) is 7.29. The van der Waals surface area contributed by atoms with Crippen LogP contribution in [0.5, 0.6) is 0 Å². The van der Waals surface area contributed by atoms with Crippen molar-refractivity contribution in [1.82, 2.24) is 14.8 Å². The van der Waals surface area contributed by atoms with Gasteiger partial charge in [-0.1, -0.05) is 57.9 Å². The van der Waals surface area contributed by atoms with Gasteiger partial charge in [0.2, 0.25) is 5.82 Å². The molecule has 0 bridgehead atoms. The average Bonchev–Trinajstić information content (AvgIpc) is 3.17. The highest BCUT2D eigenvalue weighted by atomic mass is 79.9. The molecule has 6 heteroatoms. The van der Waals surface area contributed by atoms with Crippen LogP contribution < -0.4 is 5.32 Å². The number of nitrogens with zero attached hydrogens (tertiary/aromatic N) is 3. The highest BCUT2D eigenvalue weighted by Crippen LogP contribution is 2.25. The Morgan fingerprint density at radius 2 is 1.57 bits per heavy atom. The second-order valence-corrected chi connectivity index (χ2v) is 8.20. The molecule has 5 nitrogen and oxygen atoms in total. The lowest BCUT2D eigenvalue weighted by Gasteiger charge is -2.10. The zero-order valence-corrected chi connectivity index (χ0v) is 18.6. The lowest BCUT2D eigenvalue weighted by Crippen LogP contribution is -2.14. The molecule has 4 aromatic rings. The molecule has 0 atom stereocenters. The SMILES string of the molecule is Cc1ccc(NC(=O)c2nc(-c3ccc(Br)cc3)n(-c3cc(C)ccc3C)n2)cc1. The molecule has 0 saturated carbocycles. The molecule has 0 saturated heterocycles. The van der Waals surface area contributed by atoms with Gasteiger partial charge in [0.25, 0.3) is 5.91 Å². The van der Waals surface area contributed by atoms with Crippen LogP contribution in [0.15, 0.2) is 71.2 Å². The van der Waals surface area contributed by atoms with Crippen molar-refractivity contribution in [3.05, 3.63) is 93.7 Å². The number of anilines is 1.